The first-order valence-electron chi connectivity index (χ1n) is 9.23. The lowest BCUT2D eigenvalue weighted by molar-refractivity contribution is -0.139. The molecule has 30 heavy (non-hydrogen) atoms. The van der Waals surface area contributed by atoms with Gasteiger partial charge >= 0.3 is 5.97 Å². The number of hydrogen-bond donors (Lipinski definition) is 1. The van der Waals surface area contributed by atoms with E-state index in [2.05, 4.69) is 50.1 Å². The molecule has 0 heterocycles. The third-order valence-corrected chi connectivity index (χ3v) is 6.85. The maximum atomic E-state index is 10.7. The highest BCUT2D eigenvalue weighted by molar-refractivity contribution is 9.10. The Morgan fingerprint density at radius 1 is 1.00 bits per heavy atom. The van der Waals surface area contributed by atoms with Gasteiger partial charge in [0.15, 0.2) is 6.61 Å². The third kappa shape index (κ3) is 6.00. The molecule has 3 aromatic carbocycles. The summed E-state index contributed by atoms with van der Waals surface area (Å²) in [4.78, 5) is 11.8. The van der Waals surface area contributed by atoms with E-state index in [0.29, 0.717) is 5.75 Å². The Kier molecular flexibility index (Phi) is 8.19. The average Bonchev–Trinajstić information content (AvgIpc) is 2.72. The van der Waals surface area contributed by atoms with Crippen molar-refractivity contribution in [3.05, 3.63) is 98.4 Å². The fourth-order valence-corrected chi connectivity index (χ4v) is 4.83. The molecule has 3 rings (SSSR count). The summed E-state index contributed by atoms with van der Waals surface area (Å²) in [5.41, 5.74) is 4.49. The van der Waals surface area contributed by atoms with Gasteiger partial charge < -0.3 is 9.84 Å². The van der Waals surface area contributed by atoms with Gasteiger partial charge in [0.1, 0.15) is 5.75 Å². The van der Waals surface area contributed by atoms with Crippen LogP contribution in [0.5, 0.6) is 5.75 Å². The van der Waals surface area contributed by atoms with Crippen LogP contribution in [0.1, 0.15) is 16.7 Å². The summed E-state index contributed by atoms with van der Waals surface area (Å²) in [6, 6.07) is 22.1. The van der Waals surface area contributed by atoms with Crippen molar-refractivity contribution in [3.8, 4) is 5.75 Å². The SMILES string of the molecule is Cc1cc(OCC(=O)O)ccc1SCC=C(c1ccccc1Br)c1ccccc1Br. The van der Waals surface area contributed by atoms with E-state index >= 15 is 0 Å². The number of aryl methyl sites for hydroxylation is 1. The summed E-state index contributed by atoms with van der Waals surface area (Å²) in [5.74, 6) is 0.369. The van der Waals surface area contributed by atoms with Crippen LogP contribution >= 0.6 is 43.6 Å². The summed E-state index contributed by atoms with van der Waals surface area (Å²) >= 11 is 9.09. The van der Waals surface area contributed by atoms with Crippen LogP contribution in [0.15, 0.2) is 86.6 Å². The maximum absolute atomic E-state index is 10.7. The second-order valence-corrected chi connectivity index (χ2v) is 9.27. The van der Waals surface area contributed by atoms with Gasteiger partial charge in [-0.05, 0) is 59.5 Å². The molecular weight excluding hydrogens is 528 g/mol. The summed E-state index contributed by atoms with van der Waals surface area (Å²) in [5, 5.41) is 8.75. The fourth-order valence-electron chi connectivity index (χ4n) is 2.96. The van der Waals surface area contributed by atoms with E-state index in [0.717, 1.165) is 41.9 Å². The molecule has 0 bridgehead atoms. The third-order valence-electron chi connectivity index (χ3n) is 4.36. The molecule has 0 radical (unpaired) electrons. The molecule has 0 aromatic heterocycles. The molecule has 1 N–H and O–H groups in total. The van der Waals surface area contributed by atoms with E-state index < -0.39 is 5.97 Å². The van der Waals surface area contributed by atoms with Gasteiger partial charge in [-0.1, -0.05) is 74.3 Å². The maximum Gasteiger partial charge on any atom is 0.341 e. The van der Waals surface area contributed by atoms with Crippen molar-refractivity contribution in [3.63, 3.8) is 0 Å². The predicted molar refractivity (Wildman–Crippen MR) is 130 cm³/mol. The Labute approximate surface area is 197 Å². The van der Waals surface area contributed by atoms with Crippen LogP contribution in [0, 0.1) is 6.92 Å². The number of carboxylic acid groups (broad SMARTS) is 1. The number of carbonyl (C=O) groups is 1. The fraction of sp³-hybridized carbons (Fsp3) is 0.125. The molecule has 0 aliphatic carbocycles. The van der Waals surface area contributed by atoms with Crippen molar-refractivity contribution in [2.75, 3.05) is 12.4 Å². The van der Waals surface area contributed by atoms with Crippen LogP contribution in [-0.4, -0.2) is 23.4 Å². The van der Waals surface area contributed by atoms with E-state index in [4.69, 9.17) is 9.84 Å². The van der Waals surface area contributed by atoms with E-state index in [-0.39, 0.29) is 6.61 Å². The molecule has 0 fully saturated rings. The summed E-state index contributed by atoms with van der Waals surface area (Å²) < 4.78 is 7.36. The van der Waals surface area contributed by atoms with Gasteiger partial charge in [-0.2, -0.15) is 0 Å². The predicted octanol–water partition coefficient (Wildman–Crippen LogP) is 7.21. The molecule has 3 aromatic rings. The zero-order chi connectivity index (χ0) is 21.5. The molecule has 0 aliphatic rings. The number of hydrogen-bond acceptors (Lipinski definition) is 3. The van der Waals surface area contributed by atoms with Crippen LogP contribution in [0.4, 0.5) is 0 Å². The molecular formula is C24H20Br2O3S. The number of ether oxygens (including phenoxy) is 1. The van der Waals surface area contributed by atoms with Gasteiger partial charge in [-0.15, -0.1) is 11.8 Å². The highest BCUT2D eigenvalue weighted by Gasteiger charge is 2.11. The Morgan fingerprint density at radius 3 is 2.13 bits per heavy atom. The van der Waals surface area contributed by atoms with Gasteiger partial charge in [-0.3, -0.25) is 0 Å². The lowest BCUT2D eigenvalue weighted by Crippen LogP contribution is -2.09. The van der Waals surface area contributed by atoms with E-state index in [1.807, 2.05) is 61.5 Å². The van der Waals surface area contributed by atoms with Gasteiger partial charge in [0.25, 0.3) is 0 Å². The summed E-state index contributed by atoms with van der Waals surface area (Å²) in [6.07, 6.45) is 2.24. The topological polar surface area (TPSA) is 46.5 Å². The van der Waals surface area contributed by atoms with Gasteiger partial charge in [0.05, 0.1) is 0 Å². The Hall–Kier alpha value is -2.02. The number of thioether (sulfide) groups is 1. The lowest BCUT2D eigenvalue weighted by Gasteiger charge is -2.13. The largest absolute Gasteiger partial charge is 0.482 e. The Morgan fingerprint density at radius 2 is 1.60 bits per heavy atom. The molecule has 0 spiro atoms. The normalized spacial score (nSPS) is 10.5. The van der Waals surface area contributed by atoms with Crippen LogP contribution in [0.25, 0.3) is 5.57 Å². The summed E-state index contributed by atoms with van der Waals surface area (Å²) in [6.45, 7) is 1.66. The summed E-state index contributed by atoms with van der Waals surface area (Å²) in [7, 11) is 0. The molecule has 0 atom stereocenters. The highest BCUT2D eigenvalue weighted by Crippen LogP contribution is 2.35. The number of carboxylic acids is 1. The van der Waals surface area contributed by atoms with Crippen LogP contribution in [0.2, 0.25) is 0 Å². The van der Waals surface area contributed by atoms with Gasteiger partial charge in [0.2, 0.25) is 0 Å². The van der Waals surface area contributed by atoms with E-state index in [9.17, 15) is 4.79 Å². The van der Waals surface area contributed by atoms with Crippen molar-refractivity contribution in [1.82, 2.24) is 0 Å². The van der Waals surface area contributed by atoms with Gasteiger partial charge in [0, 0.05) is 19.6 Å². The Balaban J connectivity index is 1.83. The van der Waals surface area contributed by atoms with Crippen molar-refractivity contribution in [2.24, 2.45) is 0 Å². The zero-order valence-electron chi connectivity index (χ0n) is 16.3. The average molecular weight is 548 g/mol. The van der Waals surface area contributed by atoms with Crippen LogP contribution in [-0.2, 0) is 4.79 Å². The minimum Gasteiger partial charge on any atom is -0.482 e. The monoisotopic (exact) mass is 546 g/mol. The molecule has 6 heteroatoms. The van der Waals surface area contributed by atoms with Gasteiger partial charge in [-0.25, -0.2) is 4.79 Å². The highest BCUT2D eigenvalue weighted by atomic mass is 79.9. The first kappa shape index (κ1) is 22.7. The van der Waals surface area contributed by atoms with Crippen molar-refractivity contribution < 1.29 is 14.6 Å². The second kappa shape index (κ2) is 10.8. The first-order valence-corrected chi connectivity index (χ1v) is 11.8. The molecule has 0 aliphatic heterocycles. The molecule has 0 unspecified atom stereocenters. The minimum atomic E-state index is -0.983. The van der Waals surface area contributed by atoms with Crippen molar-refractivity contribution >= 4 is 55.2 Å². The number of rotatable bonds is 8. The number of halogens is 2. The Bertz CT molecular complexity index is 1030. The standard InChI is InChI=1S/C24H20Br2O3S/c1-16-14-17(29-15-24(27)28)10-11-23(16)30-13-12-18(19-6-2-4-8-21(19)25)20-7-3-5-9-22(20)26/h2-12,14H,13,15H2,1H3,(H,27,28). The zero-order valence-corrected chi connectivity index (χ0v) is 20.3. The second-order valence-electron chi connectivity index (χ2n) is 6.50. The number of aliphatic carboxylic acids is 1. The minimum absolute atomic E-state index is 0.337. The quantitative estimate of drug-likeness (QED) is 0.303. The molecule has 154 valence electrons. The van der Waals surface area contributed by atoms with E-state index in [1.165, 1.54) is 0 Å². The van der Waals surface area contributed by atoms with Crippen molar-refractivity contribution in [1.29, 1.82) is 0 Å². The molecule has 0 saturated heterocycles. The molecule has 0 saturated carbocycles. The van der Waals surface area contributed by atoms with Crippen LogP contribution in [0.3, 0.4) is 0 Å². The first-order chi connectivity index (χ1) is 14.5. The van der Waals surface area contributed by atoms with Crippen molar-refractivity contribution in [2.45, 2.75) is 11.8 Å². The lowest BCUT2D eigenvalue weighted by atomic mass is 9.98. The van der Waals surface area contributed by atoms with E-state index in [1.54, 1.807) is 11.8 Å². The van der Waals surface area contributed by atoms with Crippen LogP contribution < -0.4 is 4.74 Å². The smallest absolute Gasteiger partial charge is 0.341 e. The molecule has 0 amide bonds. The number of benzene rings is 3. The molecule has 3 nitrogen and oxygen atoms in total.